The largest absolute Gasteiger partial charge is 0.466 e. The fourth-order valence-electron chi connectivity index (χ4n) is 4.70. The van der Waals surface area contributed by atoms with Crippen molar-refractivity contribution in [3.8, 4) is 0 Å². The van der Waals surface area contributed by atoms with Crippen LogP contribution in [0.15, 0.2) is 12.1 Å². The number of nitrogens with zero attached hydrogens (tertiary/aromatic N) is 2. The fraction of sp³-hybridized carbons (Fsp3) is 0.720. The number of ether oxygens (including phenoxy) is 2. The molecule has 1 unspecified atom stereocenters. The quantitative estimate of drug-likeness (QED) is 0.582. The van der Waals surface area contributed by atoms with Crippen LogP contribution in [-0.2, 0) is 27.1 Å². The van der Waals surface area contributed by atoms with Gasteiger partial charge in [-0.25, -0.2) is 9.78 Å². The number of pyridine rings is 1. The van der Waals surface area contributed by atoms with Crippen molar-refractivity contribution in [3.63, 3.8) is 0 Å². The van der Waals surface area contributed by atoms with Gasteiger partial charge in [0.05, 0.1) is 12.5 Å². The summed E-state index contributed by atoms with van der Waals surface area (Å²) in [6.07, 6.45) is 4.21. The smallest absolute Gasteiger partial charge is 0.416 e. The van der Waals surface area contributed by atoms with Crippen LogP contribution in [0.5, 0.6) is 0 Å². The molecule has 1 saturated carbocycles. The van der Waals surface area contributed by atoms with E-state index < -0.39 is 5.60 Å². The Kier molecular flexibility index (Phi) is 7.28. The number of amides is 1. The van der Waals surface area contributed by atoms with E-state index in [4.69, 9.17) is 14.5 Å². The summed E-state index contributed by atoms with van der Waals surface area (Å²) in [4.78, 5) is 31.5. The number of anilines is 1. The molecule has 0 spiro atoms. The highest BCUT2D eigenvalue weighted by molar-refractivity contribution is 5.88. The van der Waals surface area contributed by atoms with Gasteiger partial charge in [0.2, 0.25) is 0 Å². The molecule has 1 atom stereocenters. The molecule has 1 aromatic rings. The van der Waals surface area contributed by atoms with E-state index in [-0.39, 0.29) is 18.0 Å². The fourth-order valence-corrected chi connectivity index (χ4v) is 4.70. The first kappa shape index (κ1) is 23.6. The van der Waals surface area contributed by atoms with E-state index in [9.17, 15) is 9.59 Å². The van der Waals surface area contributed by atoms with E-state index in [1.54, 1.807) is 4.90 Å². The summed E-state index contributed by atoms with van der Waals surface area (Å²) in [6.45, 7) is 13.0. The number of fused-ring (bicyclic) bond motifs is 1. The van der Waals surface area contributed by atoms with Gasteiger partial charge in [0.1, 0.15) is 11.4 Å². The van der Waals surface area contributed by atoms with Crippen LogP contribution in [0, 0.1) is 23.7 Å². The number of carbonyl (C=O) groups excluding carboxylic acids is 2. The van der Waals surface area contributed by atoms with Gasteiger partial charge in [0.15, 0.2) is 0 Å². The molecule has 0 bridgehead atoms. The molecule has 6 nitrogen and oxygen atoms in total. The highest BCUT2D eigenvalue weighted by Gasteiger charge is 2.37. The van der Waals surface area contributed by atoms with Gasteiger partial charge in [-0.05, 0) is 89.2 Å². The number of aromatic nitrogens is 1. The Morgan fingerprint density at radius 2 is 1.90 bits per heavy atom. The van der Waals surface area contributed by atoms with Crippen molar-refractivity contribution in [2.75, 3.05) is 18.1 Å². The van der Waals surface area contributed by atoms with Gasteiger partial charge < -0.3 is 9.47 Å². The maximum absolute atomic E-state index is 13.0. The number of carbonyl (C=O) groups is 2. The Morgan fingerprint density at radius 1 is 1.19 bits per heavy atom. The zero-order chi connectivity index (χ0) is 22.8. The summed E-state index contributed by atoms with van der Waals surface area (Å²) >= 11 is 0. The monoisotopic (exact) mass is 430 g/mol. The van der Waals surface area contributed by atoms with Crippen molar-refractivity contribution >= 4 is 17.9 Å². The summed E-state index contributed by atoms with van der Waals surface area (Å²) < 4.78 is 10.8. The lowest BCUT2D eigenvalue weighted by Crippen LogP contribution is -2.44. The van der Waals surface area contributed by atoms with Crippen LogP contribution in [0.25, 0.3) is 0 Å². The highest BCUT2D eigenvalue weighted by atomic mass is 16.6. The molecule has 3 rings (SSSR count). The van der Waals surface area contributed by atoms with Gasteiger partial charge in [-0.2, -0.15) is 0 Å². The minimum atomic E-state index is -0.548. The van der Waals surface area contributed by atoms with Crippen LogP contribution in [0.4, 0.5) is 10.6 Å². The SMILES string of the molecule is CCOC(=O)[C@H]1C[C@@H](Cc2ccc3c(n2)N(C(=O)OC(C)(C)C)CC(CC(C)C)C3)C1. The summed E-state index contributed by atoms with van der Waals surface area (Å²) in [6, 6.07) is 4.21. The zero-order valence-corrected chi connectivity index (χ0v) is 19.9. The van der Waals surface area contributed by atoms with E-state index in [0.29, 0.717) is 30.9 Å². The Morgan fingerprint density at radius 3 is 2.52 bits per heavy atom. The number of hydrogen-bond acceptors (Lipinski definition) is 5. The van der Waals surface area contributed by atoms with Gasteiger partial charge in [-0.3, -0.25) is 9.69 Å². The van der Waals surface area contributed by atoms with E-state index in [1.165, 1.54) is 0 Å². The standard InChI is InChI=1S/C25H38N2O4/c1-7-30-23(28)20-11-17(12-20)14-21-9-8-19-13-18(10-16(2)3)15-27(22(19)26-21)24(29)31-25(4,5)6/h8-9,16-18,20H,7,10-15H2,1-6H3/t17-,18?,20+. The molecule has 6 heteroatoms. The molecule has 2 aliphatic rings. The number of esters is 1. The molecule has 1 aromatic heterocycles. The van der Waals surface area contributed by atoms with Gasteiger partial charge in [0, 0.05) is 12.2 Å². The Balaban J connectivity index is 1.74. The summed E-state index contributed by atoms with van der Waals surface area (Å²) in [5.74, 6) is 2.11. The predicted octanol–water partition coefficient (Wildman–Crippen LogP) is 5.17. The molecule has 0 radical (unpaired) electrons. The van der Waals surface area contributed by atoms with Crippen LogP contribution >= 0.6 is 0 Å². The minimum absolute atomic E-state index is 0.0256. The molecule has 172 valence electrons. The molecule has 2 heterocycles. The van der Waals surface area contributed by atoms with Crippen LogP contribution in [-0.4, -0.2) is 35.8 Å². The maximum atomic E-state index is 13.0. The summed E-state index contributed by atoms with van der Waals surface area (Å²) in [5, 5.41) is 0. The van der Waals surface area contributed by atoms with Crippen LogP contribution in [0.3, 0.4) is 0 Å². The minimum Gasteiger partial charge on any atom is -0.466 e. The average Bonchev–Trinajstić information content (AvgIpc) is 2.62. The van der Waals surface area contributed by atoms with Crippen LogP contribution < -0.4 is 4.90 Å². The highest BCUT2D eigenvalue weighted by Crippen LogP contribution is 2.38. The normalized spacial score (nSPS) is 23.2. The average molecular weight is 431 g/mol. The molecule has 31 heavy (non-hydrogen) atoms. The molecular formula is C25H38N2O4. The van der Waals surface area contributed by atoms with E-state index in [1.807, 2.05) is 27.7 Å². The lowest BCUT2D eigenvalue weighted by atomic mass is 9.72. The molecule has 1 fully saturated rings. The Bertz CT molecular complexity index is 793. The first-order chi connectivity index (χ1) is 14.6. The third-order valence-corrected chi connectivity index (χ3v) is 5.99. The molecular weight excluding hydrogens is 392 g/mol. The second-order valence-electron chi connectivity index (χ2n) is 10.6. The van der Waals surface area contributed by atoms with Gasteiger partial charge >= 0.3 is 12.1 Å². The first-order valence-electron chi connectivity index (χ1n) is 11.7. The van der Waals surface area contributed by atoms with E-state index >= 15 is 0 Å². The zero-order valence-electron chi connectivity index (χ0n) is 19.9. The summed E-state index contributed by atoms with van der Waals surface area (Å²) in [5.41, 5.74) is 1.54. The molecule has 1 aliphatic carbocycles. The van der Waals surface area contributed by atoms with Crippen molar-refractivity contribution < 1.29 is 19.1 Å². The van der Waals surface area contributed by atoms with E-state index in [2.05, 4.69) is 26.0 Å². The third kappa shape index (κ3) is 6.20. The first-order valence-corrected chi connectivity index (χ1v) is 11.7. The van der Waals surface area contributed by atoms with Gasteiger partial charge in [0.25, 0.3) is 0 Å². The Hall–Kier alpha value is -2.11. The molecule has 0 N–H and O–H groups in total. The second-order valence-corrected chi connectivity index (χ2v) is 10.6. The van der Waals surface area contributed by atoms with Crippen LogP contribution in [0.1, 0.15) is 72.1 Å². The van der Waals surface area contributed by atoms with Crippen molar-refractivity contribution in [1.29, 1.82) is 0 Å². The Labute approximate surface area is 186 Å². The third-order valence-electron chi connectivity index (χ3n) is 5.99. The topological polar surface area (TPSA) is 68.7 Å². The van der Waals surface area contributed by atoms with Crippen molar-refractivity contribution in [2.24, 2.45) is 23.7 Å². The number of hydrogen-bond donors (Lipinski definition) is 0. The molecule has 1 amide bonds. The summed E-state index contributed by atoms with van der Waals surface area (Å²) in [7, 11) is 0. The molecule has 0 aromatic carbocycles. The van der Waals surface area contributed by atoms with E-state index in [0.717, 1.165) is 49.2 Å². The second kappa shape index (κ2) is 9.58. The van der Waals surface area contributed by atoms with Crippen molar-refractivity contribution in [3.05, 3.63) is 23.4 Å². The van der Waals surface area contributed by atoms with Gasteiger partial charge in [-0.1, -0.05) is 19.9 Å². The lowest BCUT2D eigenvalue weighted by molar-refractivity contribution is -0.152. The molecule has 0 saturated heterocycles. The van der Waals surface area contributed by atoms with Crippen molar-refractivity contribution in [2.45, 2.75) is 79.2 Å². The van der Waals surface area contributed by atoms with Gasteiger partial charge in [-0.15, -0.1) is 0 Å². The maximum Gasteiger partial charge on any atom is 0.416 e. The number of rotatable bonds is 6. The molecule has 1 aliphatic heterocycles. The lowest BCUT2D eigenvalue weighted by Gasteiger charge is -2.36. The van der Waals surface area contributed by atoms with Crippen molar-refractivity contribution in [1.82, 2.24) is 4.98 Å². The predicted molar refractivity (Wildman–Crippen MR) is 121 cm³/mol. The van der Waals surface area contributed by atoms with Crippen LogP contribution in [0.2, 0.25) is 0 Å².